The second kappa shape index (κ2) is 12.1. The fourth-order valence-corrected chi connectivity index (χ4v) is 5.67. The molecule has 0 radical (unpaired) electrons. The maximum atomic E-state index is 13.1. The molecule has 2 N–H and O–H groups in total. The van der Waals surface area contributed by atoms with Gasteiger partial charge in [-0.15, -0.1) is 11.3 Å². The molecule has 1 aliphatic heterocycles. The SMILES string of the molecule is C[C@@H]1CN(c2ccc(NC(=O)c3cccc(-c4csc(NCc5cccc(C(F)(F)F)c5)n4)c3)c(Cl)c2)C[C@H](C)O1. The Morgan fingerprint density at radius 3 is 2.56 bits per heavy atom. The number of alkyl halides is 3. The van der Waals surface area contributed by atoms with Gasteiger partial charge < -0.3 is 20.3 Å². The van der Waals surface area contributed by atoms with Crippen LogP contribution in [0.5, 0.6) is 0 Å². The van der Waals surface area contributed by atoms with E-state index in [9.17, 15) is 18.0 Å². The topological polar surface area (TPSA) is 66.5 Å². The molecule has 5 rings (SSSR count). The van der Waals surface area contributed by atoms with Gasteiger partial charge in [-0.3, -0.25) is 4.79 Å². The number of nitrogens with zero attached hydrogens (tertiary/aromatic N) is 2. The van der Waals surface area contributed by atoms with E-state index in [4.69, 9.17) is 16.3 Å². The Kier molecular flexibility index (Phi) is 8.53. The van der Waals surface area contributed by atoms with Crippen LogP contribution in [0.1, 0.15) is 35.3 Å². The fourth-order valence-electron chi connectivity index (χ4n) is 4.73. The van der Waals surface area contributed by atoms with Crippen molar-refractivity contribution in [3.05, 3.63) is 93.8 Å². The largest absolute Gasteiger partial charge is 0.416 e. The first-order chi connectivity index (χ1) is 19.5. The van der Waals surface area contributed by atoms with E-state index in [1.807, 2.05) is 37.4 Å². The third kappa shape index (κ3) is 7.19. The van der Waals surface area contributed by atoms with Crippen LogP contribution >= 0.6 is 22.9 Å². The zero-order valence-electron chi connectivity index (χ0n) is 22.3. The van der Waals surface area contributed by atoms with Crippen molar-refractivity contribution in [1.82, 2.24) is 4.98 Å². The number of hydrogen-bond donors (Lipinski definition) is 2. The van der Waals surface area contributed by atoms with E-state index < -0.39 is 11.7 Å². The van der Waals surface area contributed by atoms with Gasteiger partial charge in [0.05, 0.1) is 34.2 Å². The van der Waals surface area contributed by atoms with Crippen molar-refractivity contribution in [2.75, 3.05) is 28.6 Å². The Labute approximate surface area is 245 Å². The van der Waals surface area contributed by atoms with Gasteiger partial charge in [-0.2, -0.15) is 13.2 Å². The van der Waals surface area contributed by atoms with E-state index >= 15 is 0 Å². The van der Waals surface area contributed by atoms with Gasteiger partial charge in [0.15, 0.2) is 5.13 Å². The third-order valence-corrected chi connectivity index (χ3v) is 7.72. The van der Waals surface area contributed by atoms with Gasteiger partial charge in [0.25, 0.3) is 5.91 Å². The molecule has 1 amide bonds. The molecule has 1 fully saturated rings. The number of carbonyl (C=O) groups excluding carboxylic acids is 1. The molecule has 2 atom stereocenters. The Hall–Kier alpha value is -3.60. The average molecular weight is 601 g/mol. The van der Waals surface area contributed by atoms with Crippen LogP contribution in [-0.2, 0) is 17.5 Å². The number of rotatable bonds is 7. The van der Waals surface area contributed by atoms with Crippen molar-refractivity contribution in [2.24, 2.45) is 0 Å². The monoisotopic (exact) mass is 600 g/mol. The number of thiazole rings is 1. The van der Waals surface area contributed by atoms with Crippen LogP contribution in [-0.4, -0.2) is 36.2 Å². The maximum absolute atomic E-state index is 13.1. The minimum atomic E-state index is -4.39. The van der Waals surface area contributed by atoms with E-state index in [-0.39, 0.29) is 24.7 Å². The Balaban J connectivity index is 1.23. The molecule has 4 aromatic rings. The predicted molar refractivity (Wildman–Crippen MR) is 158 cm³/mol. The number of halogens is 4. The average Bonchev–Trinajstić information content (AvgIpc) is 3.41. The number of benzene rings is 3. The van der Waals surface area contributed by atoms with E-state index in [1.54, 1.807) is 30.3 Å². The molecule has 1 aromatic heterocycles. The molecule has 41 heavy (non-hydrogen) atoms. The quantitative estimate of drug-likeness (QED) is 0.225. The Bertz CT molecular complexity index is 1530. The lowest BCUT2D eigenvalue weighted by molar-refractivity contribution is -0.137. The second-order valence-corrected chi connectivity index (χ2v) is 11.2. The fraction of sp³-hybridized carbons (Fsp3) is 0.267. The van der Waals surface area contributed by atoms with Crippen molar-refractivity contribution in [1.29, 1.82) is 0 Å². The lowest BCUT2D eigenvalue weighted by Crippen LogP contribution is -2.45. The van der Waals surface area contributed by atoms with E-state index in [0.29, 0.717) is 32.7 Å². The lowest BCUT2D eigenvalue weighted by atomic mass is 10.1. The van der Waals surface area contributed by atoms with Crippen LogP contribution in [0.4, 0.5) is 29.7 Å². The smallest absolute Gasteiger partial charge is 0.372 e. The molecule has 0 aliphatic carbocycles. The minimum Gasteiger partial charge on any atom is -0.372 e. The summed E-state index contributed by atoms with van der Waals surface area (Å²) < 4.78 is 44.8. The maximum Gasteiger partial charge on any atom is 0.416 e. The van der Waals surface area contributed by atoms with Crippen LogP contribution in [0.3, 0.4) is 0 Å². The summed E-state index contributed by atoms with van der Waals surface area (Å²) in [5.41, 5.74) is 3.10. The number of ether oxygens (including phenoxy) is 1. The summed E-state index contributed by atoms with van der Waals surface area (Å²) in [5, 5.41) is 8.79. The molecule has 0 saturated carbocycles. The molecular weight excluding hydrogens is 573 g/mol. The molecule has 214 valence electrons. The molecule has 0 bridgehead atoms. The number of hydrogen-bond acceptors (Lipinski definition) is 6. The van der Waals surface area contributed by atoms with Gasteiger partial charge in [-0.1, -0.05) is 35.9 Å². The first-order valence-corrected chi connectivity index (χ1v) is 14.3. The number of carbonyl (C=O) groups is 1. The summed E-state index contributed by atoms with van der Waals surface area (Å²) in [6.07, 6.45) is -4.16. The van der Waals surface area contributed by atoms with Crippen molar-refractivity contribution in [3.63, 3.8) is 0 Å². The van der Waals surface area contributed by atoms with Crippen molar-refractivity contribution < 1.29 is 22.7 Å². The van der Waals surface area contributed by atoms with Crippen LogP contribution in [0.25, 0.3) is 11.3 Å². The zero-order valence-corrected chi connectivity index (χ0v) is 23.9. The number of nitrogens with one attached hydrogen (secondary N) is 2. The number of anilines is 3. The molecular formula is C30H28ClF3N4O2S. The summed E-state index contributed by atoms with van der Waals surface area (Å²) in [7, 11) is 0. The highest BCUT2D eigenvalue weighted by molar-refractivity contribution is 7.14. The first kappa shape index (κ1) is 28.9. The number of aromatic nitrogens is 1. The van der Waals surface area contributed by atoms with Crippen molar-refractivity contribution in [3.8, 4) is 11.3 Å². The highest BCUT2D eigenvalue weighted by Gasteiger charge is 2.30. The molecule has 6 nitrogen and oxygen atoms in total. The molecule has 1 aliphatic rings. The molecule has 1 saturated heterocycles. The lowest BCUT2D eigenvalue weighted by Gasteiger charge is -2.37. The van der Waals surface area contributed by atoms with Crippen LogP contribution in [0.15, 0.2) is 72.1 Å². The second-order valence-electron chi connectivity index (χ2n) is 9.95. The van der Waals surface area contributed by atoms with Crippen molar-refractivity contribution in [2.45, 2.75) is 38.8 Å². The van der Waals surface area contributed by atoms with Gasteiger partial charge in [-0.05, 0) is 61.9 Å². The molecule has 11 heteroatoms. The molecule has 3 aromatic carbocycles. The summed E-state index contributed by atoms with van der Waals surface area (Å²) in [5.74, 6) is -0.312. The highest BCUT2D eigenvalue weighted by Crippen LogP contribution is 2.32. The molecule has 0 spiro atoms. The Morgan fingerprint density at radius 1 is 1.07 bits per heavy atom. The normalized spacial score (nSPS) is 17.4. The third-order valence-electron chi connectivity index (χ3n) is 6.61. The predicted octanol–water partition coefficient (Wildman–Crippen LogP) is 7.96. The standard InChI is InChI=1S/C30H28ClF3N4O2S/c1-18-15-38(16-19(2)40-18)24-9-10-26(25(31)13-24)36-28(39)22-7-4-6-21(12-22)27-17-41-29(37-27)35-14-20-5-3-8-23(11-20)30(32,33)34/h3-13,17-19H,14-16H2,1-2H3,(H,35,37)(H,36,39)/t18-,19+. The van der Waals surface area contributed by atoms with Crippen molar-refractivity contribution >= 4 is 45.4 Å². The van der Waals surface area contributed by atoms with E-state index in [1.165, 1.54) is 17.4 Å². The Morgan fingerprint density at radius 2 is 1.83 bits per heavy atom. The van der Waals surface area contributed by atoms with Gasteiger partial charge >= 0.3 is 6.18 Å². The molecule has 0 unspecified atom stereocenters. The van der Waals surface area contributed by atoms with E-state index in [0.717, 1.165) is 36.5 Å². The number of morpholine rings is 1. The van der Waals surface area contributed by atoms with Gasteiger partial charge in [0, 0.05) is 41.8 Å². The summed E-state index contributed by atoms with van der Waals surface area (Å²) in [6, 6.07) is 17.8. The first-order valence-electron chi connectivity index (χ1n) is 13.0. The molecule has 2 heterocycles. The zero-order chi connectivity index (χ0) is 29.1. The van der Waals surface area contributed by atoms with Gasteiger partial charge in [0.2, 0.25) is 0 Å². The summed E-state index contributed by atoms with van der Waals surface area (Å²) in [4.78, 5) is 19.8. The minimum absolute atomic E-state index is 0.115. The van der Waals surface area contributed by atoms with Gasteiger partial charge in [0.1, 0.15) is 0 Å². The van der Waals surface area contributed by atoms with E-state index in [2.05, 4.69) is 20.5 Å². The summed E-state index contributed by atoms with van der Waals surface area (Å²) in [6.45, 7) is 5.80. The highest BCUT2D eigenvalue weighted by atomic mass is 35.5. The summed E-state index contributed by atoms with van der Waals surface area (Å²) >= 11 is 7.87. The van der Waals surface area contributed by atoms with Gasteiger partial charge in [-0.25, -0.2) is 4.98 Å². The van der Waals surface area contributed by atoms with Crippen LogP contribution < -0.4 is 15.5 Å². The van der Waals surface area contributed by atoms with Crippen LogP contribution in [0, 0.1) is 0 Å². The van der Waals surface area contributed by atoms with Crippen LogP contribution in [0.2, 0.25) is 5.02 Å². The number of amides is 1.